The van der Waals surface area contributed by atoms with Crippen LogP contribution in [0.3, 0.4) is 0 Å². The summed E-state index contributed by atoms with van der Waals surface area (Å²) in [7, 11) is 0. The van der Waals surface area contributed by atoms with Crippen molar-refractivity contribution in [1.29, 1.82) is 0 Å². The van der Waals surface area contributed by atoms with E-state index in [4.69, 9.17) is 6.42 Å². The Kier molecular flexibility index (Phi) is 4.95. The van der Waals surface area contributed by atoms with Gasteiger partial charge in [0.25, 0.3) is 0 Å². The van der Waals surface area contributed by atoms with E-state index >= 15 is 0 Å². The number of nitrogens with zero attached hydrogens (tertiary/aromatic N) is 2. The zero-order valence-corrected chi connectivity index (χ0v) is 13.0. The van der Waals surface area contributed by atoms with Crippen molar-refractivity contribution < 1.29 is 0 Å². The highest BCUT2D eigenvalue weighted by molar-refractivity contribution is 5.33. The first-order valence-electron chi connectivity index (χ1n) is 8.34. The first-order valence-corrected chi connectivity index (χ1v) is 8.34. The van der Waals surface area contributed by atoms with Gasteiger partial charge < -0.3 is 0 Å². The van der Waals surface area contributed by atoms with Crippen molar-refractivity contribution in [3.05, 3.63) is 34.9 Å². The summed E-state index contributed by atoms with van der Waals surface area (Å²) >= 11 is 0. The van der Waals surface area contributed by atoms with E-state index in [0.29, 0.717) is 0 Å². The first-order chi connectivity index (χ1) is 10.3. The molecule has 0 unspecified atom stereocenters. The highest BCUT2D eigenvalue weighted by Crippen LogP contribution is 2.22. The highest BCUT2D eigenvalue weighted by Gasteiger charge is 2.16. The number of piperazine rings is 1. The van der Waals surface area contributed by atoms with E-state index in [-0.39, 0.29) is 0 Å². The molecule has 0 spiro atoms. The SMILES string of the molecule is C#CCN1CCN(Cc2ccc3c(c2)CCCCC3)CC1. The van der Waals surface area contributed by atoms with Crippen LogP contribution in [0.1, 0.15) is 36.0 Å². The van der Waals surface area contributed by atoms with Gasteiger partial charge in [-0.1, -0.05) is 30.5 Å². The average Bonchev–Trinajstić information content (AvgIpc) is 2.74. The zero-order valence-electron chi connectivity index (χ0n) is 13.0. The van der Waals surface area contributed by atoms with Gasteiger partial charge in [-0.25, -0.2) is 0 Å². The Bertz CT molecular complexity index is 507. The van der Waals surface area contributed by atoms with Gasteiger partial charge in [-0.15, -0.1) is 6.42 Å². The van der Waals surface area contributed by atoms with Gasteiger partial charge in [-0.2, -0.15) is 0 Å². The Balaban J connectivity index is 1.59. The molecule has 2 aliphatic rings. The van der Waals surface area contributed by atoms with Gasteiger partial charge in [0.2, 0.25) is 0 Å². The minimum atomic E-state index is 0.798. The predicted molar refractivity (Wildman–Crippen MR) is 88.3 cm³/mol. The number of rotatable bonds is 3. The molecule has 0 N–H and O–H groups in total. The van der Waals surface area contributed by atoms with Crippen LogP contribution in [0.5, 0.6) is 0 Å². The standard InChI is InChI=1S/C19H26N2/c1-2-10-20-11-13-21(14-12-20)16-17-8-9-18-6-4-3-5-7-19(18)15-17/h1,8-9,15H,3-7,10-14,16H2. The molecule has 0 bridgehead atoms. The summed E-state index contributed by atoms with van der Waals surface area (Å²) in [4.78, 5) is 4.93. The lowest BCUT2D eigenvalue weighted by atomic mass is 10.00. The number of hydrogen-bond acceptors (Lipinski definition) is 2. The number of fused-ring (bicyclic) bond motifs is 1. The van der Waals surface area contributed by atoms with Gasteiger partial charge in [-0.3, -0.25) is 9.80 Å². The monoisotopic (exact) mass is 282 g/mol. The van der Waals surface area contributed by atoms with E-state index < -0.39 is 0 Å². The molecule has 3 rings (SSSR count). The molecule has 21 heavy (non-hydrogen) atoms. The summed E-state index contributed by atoms with van der Waals surface area (Å²) in [6.45, 7) is 6.38. The van der Waals surface area contributed by atoms with Crippen molar-refractivity contribution in [2.24, 2.45) is 0 Å². The fourth-order valence-corrected chi connectivity index (χ4v) is 3.55. The van der Waals surface area contributed by atoms with E-state index in [9.17, 15) is 0 Å². The molecule has 1 aliphatic heterocycles. The second-order valence-electron chi connectivity index (χ2n) is 6.42. The molecule has 1 aliphatic carbocycles. The van der Waals surface area contributed by atoms with Gasteiger partial charge in [0.05, 0.1) is 6.54 Å². The molecule has 0 aromatic heterocycles. The van der Waals surface area contributed by atoms with Crippen LogP contribution >= 0.6 is 0 Å². The van der Waals surface area contributed by atoms with Crippen LogP contribution in [-0.4, -0.2) is 42.5 Å². The maximum absolute atomic E-state index is 5.39. The summed E-state index contributed by atoms with van der Waals surface area (Å²) in [6.07, 6.45) is 12.1. The Morgan fingerprint density at radius 2 is 1.62 bits per heavy atom. The second kappa shape index (κ2) is 7.11. The van der Waals surface area contributed by atoms with Crippen LogP contribution in [0, 0.1) is 12.3 Å². The average molecular weight is 282 g/mol. The maximum atomic E-state index is 5.39. The molecule has 0 atom stereocenters. The van der Waals surface area contributed by atoms with Gasteiger partial charge in [0.1, 0.15) is 0 Å². The van der Waals surface area contributed by atoms with Crippen LogP contribution in [-0.2, 0) is 19.4 Å². The van der Waals surface area contributed by atoms with Crippen molar-refractivity contribution in [2.75, 3.05) is 32.7 Å². The zero-order chi connectivity index (χ0) is 14.5. The van der Waals surface area contributed by atoms with E-state index in [1.54, 1.807) is 11.1 Å². The van der Waals surface area contributed by atoms with E-state index in [2.05, 4.69) is 33.9 Å². The van der Waals surface area contributed by atoms with Crippen LogP contribution in [0.15, 0.2) is 18.2 Å². The second-order valence-corrected chi connectivity index (χ2v) is 6.42. The maximum Gasteiger partial charge on any atom is 0.0599 e. The van der Waals surface area contributed by atoms with Crippen molar-refractivity contribution in [3.8, 4) is 12.3 Å². The topological polar surface area (TPSA) is 6.48 Å². The van der Waals surface area contributed by atoms with Gasteiger partial charge >= 0.3 is 0 Å². The summed E-state index contributed by atoms with van der Waals surface area (Å²) in [5.74, 6) is 2.75. The quantitative estimate of drug-likeness (QED) is 0.621. The number of aryl methyl sites for hydroxylation is 2. The molecular formula is C19H26N2. The van der Waals surface area contributed by atoms with E-state index in [0.717, 1.165) is 39.3 Å². The molecule has 1 aromatic carbocycles. The third-order valence-corrected chi connectivity index (χ3v) is 4.85. The normalized spacial score (nSPS) is 20.5. The van der Waals surface area contributed by atoms with E-state index in [1.165, 1.54) is 37.7 Å². The highest BCUT2D eigenvalue weighted by atomic mass is 15.3. The molecule has 112 valence electrons. The summed E-state index contributed by atoms with van der Waals surface area (Å²) in [5, 5.41) is 0. The van der Waals surface area contributed by atoms with Crippen molar-refractivity contribution in [1.82, 2.24) is 9.80 Å². The molecule has 1 fully saturated rings. The lowest BCUT2D eigenvalue weighted by Crippen LogP contribution is -2.45. The lowest BCUT2D eigenvalue weighted by Gasteiger charge is -2.33. The fourth-order valence-electron chi connectivity index (χ4n) is 3.55. The van der Waals surface area contributed by atoms with Crippen molar-refractivity contribution in [2.45, 2.75) is 38.6 Å². The Hall–Kier alpha value is -1.30. The Morgan fingerprint density at radius 1 is 0.905 bits per heavy atom. The molecule has 1 saturated heterocycles. The minimum absolute atomic E-state index is 0.798. The lowest BCUT2D eigenvalue weighted by molar-refractivity contribution is 0.138. The van der Waals surface area contributed by atoms with Crippen molar-refractivity contribution in [3.63, 3.8) is 0 Å². The van der Waals surface area contributed by atoms with Crippen LogP contribution in [0.2, 0.25) is 0 Å². The van der Waals surface area contributed by atoms with Crippen LogP contribution < -0.4 is 0 Å². The number of benzene rings is 1. The molecule has 2 nitrogen and oxygen atoms in total. The van der Waals surface area contributed by atoms with Gasteiger partial charge in [0, 0.05) is 32.7 Å². The largest absolute Gasteiger partial charge is 0.297 e. The van der Waals surface area contributed by atoms with E-state index in [1.807, 2.05) is 0 Å². The third kappa shape index (κ3) is 3.87. The molecular weight excluding hydrogens is 256 g/mol. The molecule has 1 aromatic rings. The number of hydrogen-bond donors (Lipinski definition) is 0. The summed E-state index contributed by atoms with van der Waals surface area (Å²) in [6, 6.07) is 7.19. The predicted octanol–water partition coefficient (Wildman–Crippen LogP) is 2.71. The Morgan fingerprint density at radius 3 is 2.38 bits per heavy atom. The fraction of sp³-hybridized carbons (Fsp3) is 0.579. The van der Waals surface area contributed by atoms with Gasteiger partial charge in [-0.05, 0) is 42.4 Å². The smallest absolute Gasteiger partial charge is 0.0599 e. The number of terminal acetylenes is 1. The summed E-state index contributed by atoms with van der Waals surface area (Å²) in [5.41, 5.74) is 4.69. The van der Waals surface area contributed by atoms with Crippen molar-refractivity contribution >= 4 is 0 Å². The molecule has 0 amide bonds. The molecule has 1 heterocycles. The first kappa shape index (κ1) is 14.6. The molecule has 2 heteroatoms. The Labute approximate surface area is 129 Å². The minimum Gasteiger partial charge on any atom is -0.297 e. The molecule has 0 radical (unpaired) electrons. The van der Waals surface area contributed by atoms with Crippen LogP contribution in [0.4, 0.5) is 0 Å². The molecule has 0 saturated carbocycles. The third-order valence-electron chi connectivity index (χ3n) is 4.85. The van der Waals surface area contributed by atoms with Crippen LogP contribution in [0.25, 0.3) is 0 Å². The summed E-state index contributed by atoms with van der Waals surface area (Å²) < 4.78 is 0. The van der Waals surface area contributed by atoms with Gasteiger partial charge in [0.15, 0.2) is 0 Å².